The summed E-state index contributed by atoms with van der Waals surface area (Å²) in [5.74, 6) is 0.533. The molecule has 3 nitrogen and oxygen atoms in total. The molecule has 0 saturated carbocycles. The van der Waals surface area contributed by atoms with E-state index in [0.29, 0.717) is 12.0 Å². The number of benzene rings is 1. The number of nitrogens with one attached hydrogen (secondary N) is 1. The maximum atomic E-state index is 4.71. The van der Waals surface area contributed by atoms with Crippen LogP contribution >= 0.6 is 0 Å². The summed E-state index contributed by atoms with van der Waals surface area (Å²) in [6.45, 7) is 7.68. The summed E-state index contributed by atoms with van der Waals surface area (Å²) in [6, 6.07) is 12.7. The second-order valence-corrected chi connectivity index (χ2v) is 5.20. The van der Waals surface area contributed by atoms with Gasteiger partial charge in [0, 0.05) is 6.20 Å². The molecule has 1 heterocycles. The Kier molecular flexibility index (Phi) is 4.74. The number of aromatic nitrogens is 2. The Morgan fingerprint density at radius 1 is 1.16 bits per heavy atom. The van der Waals surface area contributed by atoms with Crippen LogP contribution in [0.2, 0.25) is 0 Å². The fourth-order valence-electron chi connectivity index (χ4n) is 2.21. The molecule has 19 heavy (non-hydrogen) atoms. The molecule has 0 radical (unpaired) electrons. The summed E-state index contributed by atoms with van der Waals surface area (Å²) in [6.07, 6.45) is 3.18. The van der Waals surface area contributed by atoms with Gasteiger partial charge < -0.3 is 5.32 Å². The third-order valence-corrected chi connectivity index (χ3v) is 3.23. The average molecular weight is 257 g/mol. The lowest BCUT2D eigenvalue weighted by Gasteiger charge is -2.20. The first-order valence-electron chi connectivity index (χ1n) is 7.06. The molecule has 3 heteroatoms. The molecule has 0 bridgehead atoms. The van der Waals surface area contributed by atoms with Gasteiger partial charge in [-0.3, -0.25) is 0 Å². The van der Waals surface area contributed by atoms with Crippen molar-refractivity contribution in [3.8, 4) is 5.69 Å². The zero-order chi connectivity index (χ0) is 13.7. The van der Waals surface area contributed by atoms with Gasteiger partial charge in [-0.05, 0) is 37.1 Å². The summed E-state index contributed by atoms with van der Waals surface area (Å²) in [5.41, 5.74) is 2.22. The molecule has 0 spiro atoms. The zero-order valence-electron chi connectivity index (χ0n) is 12.0. The number of nitrogens with zero attached hydrogens (tertiary/aromatic N) is 2. The summed E-state index contributed by atoms with van der Waals surface area (Å²) in [4.78, 5) is 0. The van der Waals surface area contributed by atoms with Gasteiger partial charge in [-0.15, -0.1) is 0 Å². The highest BCUT2D eigenvalue weighted by Gasteiger charge is 2.17. The van der Waals surface area contributed by atoms with E-state index in [1.54, 1.807) is 0 Å². The first-order valence-corrected chi connectivity index (χ1v) is 7.06. The molecular weight excluding hydrogens is 234 g/mol. The van der Waals surface area contributed by atoms with Crippen LogP contribution in [-0.2, 0) is 0 Å². The van der Waals surface area contributed by atoms with Crippen molar-refractivity contribution < 1.29 is 0 Å². The Bertz CT molecular complexity index is 488. The average Bonchev–Trinajstić information content (AvgIpc) is 2.89. The van der Waals surface area contributed by atoms with Gasteiger partial charge in [0.2, 0.25) is 0 Å². The molecular formula is C16H23N3. The van der Waals surface area contributed by atoms with Crippen molar-refractivity contribution in [3.63, 3.8) is 0 Å². The van der Waals surface area contributed by atoms with Crippen molar-refractivity contribution in [2.45, 2.75) is 33.2 Å². The molecule has 1 aromatic heterocycles. The molecule has 2 rings (SSSR count). The van der Waals surface area contributed by atoms with E-state index in [9.17, 15) is 0 Å². The number of hydrogen-bond donors (Lipinski definition) is 1. The molecule has 0 aliphatic heterocycles. The molecule has 0 aliphatic rings. The van der Waals surface area contributed by atoms with Crippen LogP contribution in [0.15, 0.2) is 42.6 Å². The molecule has 102 valence electrons. The highest BCUT2D eigenvalue weighted by Crippen LogP contribution is 2.20. The van der Waals surface area contributed by atoms with Crippen LogP contribution in [0.1, 0.15) is 38.9 Å². The lowest BCUT2D eigenvalue weighted by atomic mass is 10.0. The van der Waals surface area contributed by atoms with Crippen LogP contribution in [-0.4, -0.2) is 16.3 Å². The third kappa shape index (κ3) is 3.44. The fourth-order valence-corrected chi connectivity index (χ4v) is 2.21. The summed E-state index contributed by atoms with van der Waals surface area (Å²) < 4.78 is 1.94. The van der Waals surface area contributed by atoms with Crippen molar-refractivity contribution in [1.82, 2.24) is 15.1 Å². The third-order valence-electron chi connectivity index (χ3n) is 3.23. The van der Waals surface area contributed by atoms with Crippen LogP contribution < -0.4 is 5.32 Å². The first-order chi connectivity index (χ1) is 9.22. The van der Waals surface area contributed by atoms with Crippen LogP contribution in [0.4, 0.5) is 0 Å². The largest absolute Gasteiger partial charge is 0.308 e. The van der Waals surface area contributed by atoms with Crippen molar-refractivity contribution in [2.24, 2.45) is 5.92 Å². The van der Waals surface area contributed by atoms with Crippen LogP contribution in [0.3, 0.4) is 0 Å². The van der Waals surface area contributed by atoms with Gasteiger partial charge in [0.15, 0.2) is 0 Å². The van der Waals surface area contributed by atoms with E-state index in [2.05, 4.69) is 44.3 Å². The molecule has 0 amide bonds. The van der Waals surface area contributed by atoms with Gasteiger partial charge in [0.1, 0.15) is 0 Å². The van der Waals surface area contributed by atoms with Crippen molar-refractivity contribution in [2.75, 3.05) is 6.54 Å². The Morgan fingerprint density at radius 2 is 1.89 bits per heavy atom. The van der Waals surface area contributed by atoms with Gasteiger partial charge in [0.25, 0.3) is 0 Å². The minimum Gasteiger partial charge on any atom is -0.308 e. The Labute approximate surface area is 115 Å². The van der Waals surface area contributed by atoms with Crippen molar-refractivity contribution in [3.05, 3.63) is 48.3 Å². The second kappa shape index (κ2) is 6.53. The molecule has 0 fully saturated rings. The normalized spacial score (nSPS) is 12.8. The van der Waals surface area contributed by atoms with Gasteiger partial charge in [0.05, 0.1) is 17.4 Å². The van der Waals surface area contributed by atoms with E-state index in [4.69, 9.17) is 5.10 Å². The maximum Gasteiger partial charge on any atom is 0.0801 e. The summed E-state index contributed by atoms with van der Waals surface area (Å²) >= 11 is 0. The van der Waals surface area contributed by atoms with E-state index >= 15 is 0 Å². The molecule has 2 aromatic rings. The van der Waals surface area contributed by atoms with E-state index < -0.39 is 0 Å². The lowest BCUT2D eigenvalue weighted by Crippen LogP contribution is -2.26. The van der Waals surface area contributed by atoms with Crippen molar-refractivity contribution in [1.29, 1.82) is 0 Å². The topological polar surface area (TPSA) is 29.9 Å². The molecule has 1 unspecified atom stereocenters. The Balaban J connectivity index is 2.19. The number of hydrogen-bond acceptors (Lipinski definition) is 2. The maximum absolute atomic E-state index is 4.71. The standard InChI is InChI=1S/C16H23N3/c1-4-11-17-16(13(2)3)15-10-12-19(18-15)14-8-6-5-7-9-14/h5-10,12-13,16-17H,4,11H2,1-3H3. The Morgan fingerprint density at radius 3 is 2.53 bits per heavy atom. The van der Waals surface area contributed by atoms with E-state index in [-0.39, 0.29) is 0 Å². The molecule has 1 atom stereocenters. The van der Waals surface area contributed by atoms with Gasteiger partial charge >= 0.3 is 0 Å². The van der Waals surface area contributed by atoms with Crippen LogP contribution in [0.25, 0.3) is 5.69 Å². The molecule has 0 aliphatic carbocycles. The number of rotatable bonds is 6. The van der Waals surface area contributed by atoms with E-state index in [1.165, 1.54) is 0 Å². The van der Waals surface area contributed by atoms with Crippen molar-refractivity contribution >= 4 is 0 Å². The minimum absolute atomic E-state index is 0.324. The first kappa shape index (κ1) is 13.8. The van der Waals surface area contributed by atoms with Gasteiger partial charge in [-0.2, -0.15) is 5.10 Å². The quantitative estimate of drug-likeness (QED) is 0.857. The fraction of sp³-hybridized carbons (Fsp3) is 0.438. The lowest BCUT2D eigenvalue weighted by molar-refractivity contribution is 0.402. The Hall–Kier alpha value is -1.61. The summed E-state index contributed by atoms with van der Waals surface area (Å²) in [7, 11) is 0. The van der Waals surface area contributed by atoms with Crippen LogP contribution in [0, 0.1) is 5.92 Å². The number of para-hydroxylation sites is 1. The summed E-state index contributed by atoms with van der Waals surface area (Å²) in [5, 5.41) is 8.28. The predicted octanol–water partition coefficient (Wildman–Crippen LogP) is 3.57. The highest BCUT2D eigenvalue weighted by molar-refractivity contribution is 5.30. The zero-order valence-corrected chi connectivity index (χ0v) is 12.0. The van der Waals surface area contributed by atoms with Gasteiger partial charge in [-0.25, -0.2) is 4.68 Å². The molecule has 1 N–H and O–H groups in total. The van der Waals surface area contributed by atoms with Crippen LogP contribution in [0.5, 0.6) is 0 Å². The SMILES string of the molecule is CCCNC(c1ccn(-c2ccccc2)n1)C(C)C. The van der Waals surface area contributed by atoms with Gasteiger partial charge in [-0.1, -0.05) is 39.0 Å². The predicted molar refractivity (Wildman–Crippen MR) is 79.4 cm³/mol. The monoisotopic (exact) mass is 257 g/mol. The highest BCUT2D eigenvalue weighted by atomic mass is 15.3. The van der Waals surface area contributed by atoms with E-state index in [0.717, 1.165) is 24.3 Å². The molecule has 1 aromatic carbocycles. The smallest absolute Gasteiger partial charge is 0.0801 e. The second-order valence-electron chi connectivity index (χ2n) is 5.20. The minimum atomic E-state index is 0.324. The molecule has 0 saturated heterocycles. The van der Waals surface area contributed by atoms with E-state index in [1.807, 2.05) is 29.1 Å².